The highest BCUT2D eigenvalue weighted by Gasteiger charge is 2.18. The number of benzene rings is 7. The fraction of sp³-hybridized carbons (Fsp3) is 0. The molecule has 0 aliphatic heterocycles. The number of nitrogens with zero attached hydrogens (tertiary/aromatic N) is 3. The zero-order valence-electron chi connectivity index (χ0n) is 27.0. The van der Waals surface area contributed by atoms with Crippen LogP contribution < -0.4 is 0 Å². The van der Waals surface area contributed by atoms with Gasteiger partial charge in [0.25, 0.3) is 0 Å². The van der Waals surface area contributed by atoms with E-state index in [2.05, 4.69) is 156 Å². The topological polar surface area (TPSA) is 43.9 Å². The van der Waals surface area contributed by atoms with Gasteiger partial charge in [0, 0.05) is 38.4 Å². The quantitative estimate of drug-likeness (QED) is 0.188. The molecule has 0 aliphatic rings. The number of rotatable bonds is 5. The van der Waals surface area contributed by atoms with Gasteiger partial charge in [0.05, 0.1) is 28.0 Å². The Kier molecular flexibility index (Phi) is 6.46. The molecule has 50 heavy (non-hydrogen) atoms. The van der Waals surface area contributed by atoms with E-state index < -0.39 is 0 Å². The normalized spacial score (nSPS) is 11.6. The Balaban J connectivity index is 1.18. The molecule has 3 aromatic heterocycles. The molecule has 0 atom stereocenters. The minimum atomic E-state index is 0.626. The lowest BCUT2D eigenvalue weighted by Gasteiger charge is -2.11. The van der Waals surface area contributed by atoms with Gasteiger partial charge in [-0.15, -0.1) is 0 Å². The highest BCUT2D eigenvalue weighted by Crippen LogP contribution is 2.38. The van der Waals surface area contributed by atoms with E-state index in [1.165, 1.54) is 21.9 Å². The molecule has 10 aromatic rings. The predicted octanol–water partition coefficient (Wildman–Crippen LogP) is 12.1. The molecule has 0 radical (unpaired) electrons. The Labute approximate surface area is 288 Å². The van der Waals surface area contributed by atoms with Gasteiger partial charge in [-0.1, -0.05) is 127 Å². The Morgan fingerprint density at radius 3 is 1.82 bits per heavy atom. The summed E-state index contributed by atoms with van der Waals surface area (Å²) in [7, 11) is 0. The van der Waals surface area contributed by atoms with E-state index in [4.69, 9.17) is 14.4 Å². The van der Waals surface area contributed by atoms with Crippen LogP contribution in [0.3, 0.4) is 0 Å². The number of hydrogen-bond acceptors (Lipinski definition) is 3. The summed E-state index contributed by atoms with van der Waals surface area (Å²) in [6.45, 7) is 0. The van der Waals surface area contributed by atoms with Crippen molar-refractivity contribution >= 4 is 43.7 Å². The van der Waals surface area contributed by atoms with Gasteiger partial charge >= 0.3 is 0 Å². The standard InChI is InChI=1S/C46H29N3O/c1-3-12-30(13-4-1)31-22-24-32(25-23-31)40-29-41(48-46(47-40)38-19-11-18-37-36-17-8-10-21-44(36)50-45(37)38)33-26-27-43-39(28-33)35-16-7-9-20-42(35)49(43)34-14-5-2-6-15-34/h1-29H. The maximum Gasteiger partial charge on any atom is 0.164 e. The van der Waals surface area contributed by atoms with Crippen molar-refractivity contribution in [3.05, 3.63) is 176 Å². The molecule has 0 amide bonds. The first-order valence-corrected chi connectivity index (χ1v) is 16.8. The van der Waals surface area contributed by atoms with Crippen LogP contribution >= 0.6 is 0 Å². The summed E-state index contributed by atoms with van der Waals surface area (Å²) in [6, 6.07) is 61.4. The van der Waals surface area contributed by atoms with Crippen molar-refractivity contribution < 1.29 is 4.42 Å². The van der Waals surface area contributed by atoms with Crippen molar-refractivity contribution in [3.8, 4) is 50.7 Å². The van der Waals surface area contributed by atoms with E-state index in [0.717, 1.165) is 66.8 Å². The van der Waals surface area contributed by atoms with Crippen LogP contribution in [0.15, 0.2) is 180 Å². The monoisotopic (exact) mass is 639 g/mol. The lowest BCUT2D eigenvalue weighted by Crippen LogP contribution is -1.97. The minimum Gasteiger partial charge on any atom is -0.455 e. The van der Waals surface area contributed by atoms with Gasteiger partial charge in [0.15, 0.2) is 5.82 Å². The number of aromatic nitrogens is 3. The molecule has 4 nitrogen and oxygen atoms in total. The van der Waals surface area contributed by atoms with Crippen LogP contribution in [-0.2, 0) is 0 Å². The van der Waals surface area contributed by atoms with E-state index in [1.54, 1.807) is 0 Å². The second kappa shape index (κ2) is 11.4. The molecule has 3 heterocycles. The second-order valence-corrected chi connectivity index (χ2v) is 12.6. The van der Waals surface area contributed by atoms with Gasteiger partial charge in [-0.25, -0.2) is 9.97 Å². The number of furan rings is 1. The van der Waals surface area contributed by atoms with Crippen LogP contribution in [0.4, 0.5) is 0 Å². The van der Waals surface area contributed by atoms with Crippen LogP contribution in [0, 0.1) is 0 Å². The molecule has 0 unspecified atom stereocenters. The third kappa shape index (κ3) is 4.61. The maximum atomic E-state index is 6.46. The zero-order valence-corrected chi connectivity index (χ0v) is 27.0. The largest absolute Gasteiger partial charge is 0.455 e. The molecule has 0 bridgehead atoms. The fourth-order valence-electron chi connectivity index (χ4n) is 7.24. The molecule has 10 rings (SSSR count). The molecule has 0 fully saturated rings. The van der Waals surface area contributed by atoms with Crippen LogP contribution in [0.2, 0.25) is 0 Å². The lowest BCUT2D eigenvalue weighted by molar-refractivity contribution is 0.669. The summed E-state index contributed by atoms with van der Waals surface area (Å²) < 4.78 is 8.80. The molecule has 0 saturated heterocycles. The maximum absolute atomic E-state index is 6.46. The molecule has 0 saturated carbocycles. The van der Waals surface area contributed by atoms with Crippen molar-refractivity contribution in [2.45, 2.75) is 0 Å². The minimum absolute atomic E-state index is 0.626. The highest BCUT2D eigenvalue weighted by molar-refractivity contribution is 6.11. The Morgan fingerprint density at radius 1 is 0.400 bits per heavy atom. The van der Waals surface area contributed by atoms with Gasteiger partial charge in [-0.2, -0.15) is 0 Å². The van der Waals surface area contributed by atoms with Gasteiger partial charge in [0.2, 0.25) is 0 Å². The van der Waals surface area contributed by atoms with E-state index in [-0.39, 0.29) is 0 Å². The summed E-state index contributed by atoms with van der Waals surface area (Å²) in [5, 5.41) is 4.51. The summed E-state index contributed by atoms with van der Waals surface area (Å²) in [4.78, 5) is 10.5. The van der Waals surface area contributed by atoms with Crippen molar-refractivity contribution in [2.75, 3.05) is 0 Å². The fourth-order valence-corrected chi connectivity index (χ4v) is 7.24. The molecule has 0 spiro atoms. The average Bonchev–Trinajstić information content (AvgIpc) is 3.74. The summed E-state index contributed by atoms with van der Waals surface area (Å²) in [6.07, 6.45) is 0. The first kappa shape index (κ1) is 28.3. The molecular weight excluding hydrogens is 611 g/mol. The zero-order chi connectivity index (χ0) is 33.0. The number of hydrogen-bond donors (Lipinski definition) is 0. The summed E-state index contributed by atoms with van der Waals surface area (Å²) in [5.41, 5.74) is 12.1. The Bertz CT molecular complexity index is 2850. The van der Waals surface area contributed by atoms with Crippen LogP contribution in [0.25, 0.3) is 94.5 Å². The molecular formula is C46H29N3O. The van der Waals surface area contributed by atoms with E-state index in [1.807, 2.05) is 24.3 Å². The summed E-state index contributed by atoms with van der Waals surface area (Å²) >= 11 is 0. The van der Waals surface area contributed by atoms with Crippen LogP contribution in [-0.4, -0.2) is 14.5 Å². The Hall–Kier alpha value is -6.78. The van der Waals surface area contributed by atoms with Crippen molar-refractivity contribution in [1.82, 2.24) is 14.5 Å². The van der Waals surface area contributed by atoms with Gasteiger partial charge in [-0.05, 0) is 59.7 Å². The van der Waals surface area contributed by atoms with Gasteiger partial charge in [-0.3, -0.25) is 0 Å². The van der Waals surface area contributed by atoms with E-state index >= 15 is 0 Å². The third-order valence-electron chi connectivity index (χ3n) is 9.64. The molecule has 0 N–H and O–H groups in total. The van der Waals surface area contributed by atoms with E-state index in [9.17, 15) is 0 Å². The smallest absolute Gasteiger partial charge is 0.164 e. The van der Waals surface area contributed by atoms with Gasteiger partial charge < -0.3 is 8.98 Å². The first-order valence-electron chi connectivity index (χ1n) is 16.8. The molecule has 234 valence electrons. The summed E-state index contributed by atoms with van der Waals surface area (Å²) in [5.74, 6) is 0.626. The third-order valence-corrected chi connectivity index (χ3v) is 9.64. The van der Waals surface area contributed by atoms with Crippen LogP contribution in [0.1, 0.15) is 0 Å². The molecule has 0 aliphatic carbocycles. The lowest BCUT2D eigenvalue weighted by atomic mass is 10.0. The predicted molar refractivity (Wildman–Crippen MR) is 205 cm³/mol. The second-order valence-electron chi connectivity index (χ2n) is 12.6. The SMILES string of the molecule is c1ccc(-c2ccc(-c3cc(-c4ccc5c(c4)c4ccccc4n5-c4ccccc4)nc(-c4cccc5c4oc4ccccc45)n3)cc2)cc1. The van der Waals surface area contributed by atoms with E-state index in [0.29, 0.717) is 5.82 Å². The molecule has 7 aromatic carbocycles. The molecule has 4 heteroatoms. The highest BCUT2D eigenvalue weighted by atomic mass is 16.3. The Morgan fingerprint density at radius 2 is 1.00 bits per heavy atom. The van der Waals surface area contributed by atoms with Crippen LogP contribution in [0.5, 0.6) is 0 Å². The van der Waals surface area contributed by atoms with Gasteiger partial charge in [0.1, 0.15) is 11.2 Å². The van der Waals surface area contributed by atoms with Crippen molar-refractivity contribution in [2.24, 2.45) is 0 Å². The average molecular weight is 640 g/mol. The number of para-hydroxylation sites is 4. The number of fused-ring (bicyclic) bond motifs is 6. The van der Waals surface area contributed by atoms with Crippen molar-refractivity contribution in [3.63, 3.8) is 0 Å². The first-order chi connectivity index (χ1) is 24.8. The van der Waals surface area contributed by atoms with Crippen molar-refractivity contribution in [1.29, 1.82) is 0 Å².